The van der Waals surface area contributed by atoms with Gasteiger partial charge in [-0.25, -0.2) is 14.7 Å². The second kappa shape index (κ2) is 21.5. The van der Waals surface area contributed by atoms with Crippen LogP contribution in [0.4, 0.5) is 10.5 Å². The smallest absolute Gasteiger partial charge is 0.421 e. The van der Waals surface area contributed by atoms with E-state index in [4.69, 9.17) is 28.4 Å². The molecule has 374 valence electrons. The summed E-state index contributed by atoms with van der Waals surface area (Å²) in [6.45, 7) is -0.973. The average molecular weight is 990 g/mol. The average Bonchev–Trinajstić information content (AvgIpc) is 4.11. The first-order valence-electron chi connectivity index (χ1n) is 23.5. The zero-order valence-electron chi connectivity index (χ0n) is 40.0. The first-order valence-corrected chi connectivity index (χ1v) is 23.5. The molecule has 3 aliphatic heterocycles. The Morgan fingerprint density at radius 2 is 1.51 bits per heavy atom. The standard InChI is InChI=1S/C55H51N5O13/c1-68-29-30-72-54(67)59-41-26-25-33(15-14-21-37(50(63)69-2)51(64)70-3)31-38(41)55(53(59)66)44(49(62)56-32-43-57-39-22-11-12-23-40(39)58-43)46-52(65)73-47(35-18-8-5-9-19-35)45(34-16-6-4-7-17-34)60(46)48(55)36-20-10-13-24-42(36)71-28-27-61/h4-13,16-20,22-26,31,37,44-48,61H,21,27-30,32H2,1-3H3,(H,56,62)(H,57,58)/t44-,45-,46-,47+,48+,55-/m1/s1. The Balaban J connectivity index is 1.33. The zero-order chi connectivity index (χ0) is 51.2. The molecule has 0 aliphatic carbocycles. The van der Waals surface area contributed by atoms with Crippen LogP contribution >= 0.6 is 0 Å². The van der Waals surface area contributed by atoms with Gasteiger partial charge in [-0.15, -0.1) is 0 Å². The molecule has 4 heterocycles. The zero-order valence-corrected chi connectivity index (χ0v) is 40.0. The Bertz CT molecular complexity index is 3070. The molecule has 1 aromatic heterocycles. The summed E-state index contributed by atoms with van der Waals surface area (Å²) in [6, 6.07) is 33.3. The molecule has 9 rings (SSSR count). The number of carbonyl (C=O) groups excluding carboxylic acids is 6. The summed E-state index contributed by atoms with van der Waals surface area (Å²) < 4.78 is 33.4. The molecule has 0 bridgehead atoms. The number of para-hydroxylation sites is 3. The highest BCUT2D eigenvalue weighted by molar-refractivity contribution is 6.23. The van der Waals surface area contributed by atoms with Crippen LogP contribution in [0.1, 0.15) is 58.3 Å². The predicted molar refractivity (Wildman–Crippen MR) is 261 cm³/mol. The van der Waals surface area contributed by atoms with Crippen molar-refractivity contribution in [1.82, 2.24) is 20.2 Å². The number of aromatic nitrogens is 2. The number of amides is 3. The minimum Gasteiger partial charge on any atom is -0.491 e. The number of benzene rings is 5. The number of hydrogen-bond donors (Lipinski definition) is 3. The Hall–Kier alpha value is -8.37. The molecule has 3 N–H and O–H groups in total. The van der Waals surface area contributed by atoms with Crippen LogP contribution < -0.4 is 15.0 Å². The normalized spacial score (nSPS) is 20.9. The lowest BCUT2D eigenvalue weighted by Gasteiger charge is -2.46. The molecule has 73 heavy (non-hydrogen) atoms. The highest BCUT2D eigenvalue weighted by Gasteiger charge is 2.76. The van der Waals surface area contributed by atoms with Gasteiger partial charge in [0.05, 0.1) is 68.7 Å². The molecule has 3 aliphatic rings. The van der Waals surface area contributed by atoms with E-state index < -0.39 is 77.3 Å². The van der Waals surface area contributed by atoms with E-state index in [-0.39, 0.29) is 62.0 Å². The van der Waals surface area contributed by atoms with Crippen LogP contribution in [0.3, 0.4) is 0 Å². The largest absolute Gasteiger partial charge is 0.491 e. The van der Waals surface area contributed by atoms with Gasteiger partial charge < -0.3 is 43.8 Å². The summed E-state index contributed by atoms with van der Waals surface area (Å²) in [5.41, 5.74) is 1.11. The number of methoxy groups -OCH3 is 3. The molecule has 0 radical (unpaired) electrons. The molecule has 2 saturated heterocycles. The summed E-state index contributed by atoms with van der Waals surface area (Å²) >= 11 is 0. The van der Waals surface area contributed by atoms with Gasteiger partial charge in [0.2, 0.25) is 11.8 Å². The Morgan fingerprint density at radius 3 is 2.21 bits per heavy atom. The number of morpholine rings is 1. The number of imide groups is 1. The van der Waals surface area contributed by atoms with Crippen LogP contribution in [0.2, 0.25) is 0 Å². The number of esters is 3. The summed E-state index contributed by atoms with van der Waals surface area (Å²) in [4.78, 5) is 98.5. The highest BCUT2D eigenvalue weighted by atomic mass is 16.6. The molecule has 0 saturated carbocycles. The molecule has 2 fully saturated rings. The molecule has 18 heteroatoms. The van der Waals surface area contributed by atoms with Gasteiger partial charge in [-0.1, -0.05) is 103 Å². The van der Waals surface area contributed by atoms with Crippen molar-refractivity contribution in [2.45, 2.75) is 42.6 Å². The monoisotopic (exact) mass is 989 g/mol. The number of cyclic esters (lactones) is 1. The van der Waals surface area contributed by atoms with Gasteiger partial charge in [0, 0.05) is 24.7 Å². The molecular weight excluding hydrogens is 939 g/mol. The van der Waals surface area contributed by atoms with E-state index in [1.54, 1.807) is 30.3 Å². The van der Waals surface area contributed by atoms with E-state index in [0.717, 1.165) is 19.1 Å². The molecule has 1 spiro atoms. The predicted octanol–water partition coefficient (Wildman–Crippen LogP) is 5.40. The lowest BCUT2D eigenvalue weighted by Crippen LogP contribution is -2.55. The number of carbonyl (C=O) groups is 6. The van der Waals surface area contributed by atoms with Crippen LogP contribution in [-0.2, 0) is 59.6 Å². The van der Waals surface area contributed by atoms with Crippen LogP contribution in [0.15, 0.2) is 127 Å². The van der Waals surface area contributed by atoms with Gasteiger partial charge >= 0.3 is 24.0 Å². The number of hydrogen-bond acceptors (Lipinski definition) is 15. The maximum Gasteiger partial charge on any atom is 0.421 e. The molecule has 18 nitrogen and oxygen atoms in total. The molecule has 3 amide bonds. The van der Waals surface area contributed by atoms with E-state index in [1.165, 1.54) is 19.2 Å². The number of aliphatic hydroxyl groups excluding tert-OH is 1. The van der Waals surface area contributed by atoms with Crippen LogP contribution in [0.25, 0.3) is 11.0 Å². The Kier molecular flexibility index (Phi) is 14.6. The number of nitrogens with one attached hydrogen (secondary N) is 2. The maximum absolute atomic E-state index is 16.5. The van der Waals surface area contributed by atoms with E-state index >= 15 is 14.4 Å². The van der Waals surface area contributed by atoms with Crippen LogP contribution in [0.5, 0.6) is 5.75 Å². The molecular formula is C55H51N5O13. The Labute approximate surface area is 419 Å². The topological polar surface area (TPSA) is 225 Å². The van der Waals surface area contributed by atoms with Crippen molar-refractivity contribution in [1.29, 1.82) is 0 Å². The minimum atomic E-state index is -2.24. The molecule has 5 aromatic carbocycles. The number of fused-ring (bicyclic) bond motifs is 4. The summed E-state index contributed by atoms with van der Waals surface area (Å²) in [7, 11) is 3.70. The number of ether oxygens (including phenoxy) is 6. The quantitative estimate of drug-likeness (QED) is 0.0385. The summed E-state index contributed by atoms with van der Waals surface area (Å²) in [5.74, 6) is -0.836. The van der Waals surface area contributed by atoms with E-state index in [0.29, 0.717) is 33.5 Å². The summed E-state index contributed by atoms with van der Waals surface area (Å²) in [6.07, 6.45) is -2.42. The summed E-state index contributed by atoms with van der Waals surface area (Å²) in [5, 5.41) is 13.1. The molecule has 6 atom stereocenters. The van der Waals surface area contributed by atoms with Crippen molar-refractivity contribution in [2.24, 2.45) is 11.8 Å². The maximum atomic E-state index is 16.5. The number of aliphatic hydroxyl groups is 1. The second-order valence-electron chi connectivity index (χ2n) is 17.4. The fourth-order valence-electron chi connectivity index (χ4n) is 10.4. The fourth-order valence-corrected chi connectivity index (χ4v) is 10.4. The van der Waals surface area contributed by atoms with Gasteiger partial charge in [0.15, 0.2) is 5.92 Å². The highest BCUT2D eigenvalue weighted by Crippen LogP contribution is 2.66. The third-order valence-corrected chi connectivity index (χ3v) is 13.4. The van der Waals surface area contributed by atoms with E-state index in [1.807, 2.05) is 89.8 Å². The first kappa shape index (κ1) is 49.6. The van der Waals surface area contributed by atoms with Gasteiger partial charge in [-0.2, -0.15) is 0 Å². The second-order valence-corrected chi connectivity index (χ2v) is 17.4. The number of imidazole rings is 1. The SMILES string of the molecule is COCCOC(=O)N1C(=O)[C@@]2(c3cc(C#CCC(C(=O)OC)C(=O)OC)ccc31)[C@H](c1ccccc1OCCO)N1[C@H](c3ccccc3)[C@H](c3ccccc3)OC(=O)[C@H]1[C@@H]2C(=O)NCc1nc2ccccc2[nH]1. The van der Waals surface area contributed by atoms with Crippen molar-refractivity contribution in [3.05, 3.63) is 161 Å². The molecule has 6 aromatic rings. The number of aromatic amines is 1. The number of nitrogens with zero attached hydrogens (tertiary/aromatic N) is 3. The first-order chi connectivity index (χ1) is 35.6. The minimum absolute atomic E-state index is 0.00915. The lowest BCUT2D eigenvalue weighted by atomic mass is 9.65. The fraction of sp³-hybridized carbons (Fsp3) is 0.291. The van der Waals surface area contributed by atoms with Crippen molar-refractivity contribution in [3.8, 4) is 17.6 Å². The van der Waals surface area contributed by atoms with Crippen LogP contribution in [-0.4, -0.2) is 110 Å². The van der Waals surface area contributed by atoms with Crippen LogP contribution in [0, 0.1) is 23.7 Å². The number of rotatable bonds is 15. The Morgan fingerprint density at radius 1 is 0.822 bits per heavy atom. The van der Waals surface area contributed by atoms with Crippen molar-refractivity contribution >= 4 is 52.5 Å². The van der Waals surface area contributed by atoms with E-state index in [9.17, 15) is 19.5 Å². The van der Waals surface area contributed by atoms with Crippen molar-refractivity contribution in [2.75, 3.05) is 52.7 Å². The van der Waals surface area contributed by atoms with Crippen molar-refractivity contribution < 1.29 is 62.3 Å². The number of H-pyrrole nitrogens is 1. The van der Waals surface area contributed by atoms with Gasteiger partial charge in [-0.05, 0) is 53.1 Å². The van der Waals surface area contributed by atoms with Gasteiger partial charge in [-0.3, -0.25) is 28.9 Å². The third kappa shape index (κ3) is 9.14. The third-order valence-electron chi connectivity index (χ3n) is 13.4. The lowest BCUT2D eigenvalue weighted by molar-refractivity contribution is -0.178. The van der Waals surface area contributed by atoms with Gasteiger partial charge in [0.25, 0.3) is 0 Å². The number of anilines is 1. The molecule has 0 unspecified atom stereocenters. The van der Waals surface area contributed by atoms with Gasteiger partial charge in [0.1, 0.15) is 42.3 Å². The van der Waals surface area contributed by atoms with Crippen molar-refractivity contribution in [3.63, 3.8) is 0 Å². The van der Waals surface area contributed by atoms with E-state index in [2.05, 4.69) is 27.1 Å².